The van der Waals surface area contributed by atoms with Gasteiger partial charge in [0.25, 0.3) is 0 Å². The van der Waals surface area contributed by atoms with Crippen LogP contribution in [0.25, 0.3) is 0 Å². The van der Waals surface area contributed by atoms with Crippen LogP contribution < -0.4 is 9.47 Å². The second-order valence-corrected chi connectivity index (χ2v) is 3.90. The largest absolute Gasteiger partial charge is 0.481 e. The molecule has 1 atom stereocenters. The van der Waals surface area contributed by atoms with Gasteiger partial charge in [0.1, 0.15) is 5.92 Å². The fourth-order valence-electron chi connectivity index (χ4n) is 1.67. The topological polar surface area (TPSA) is 70.5 Å². The lowest BCUT2D eigenvalue weighted by atomic mass is 10.0. The van der Waals surface area contributed by atoms with Crippen molar-refractivity contribution in [1.82, 2.24) is 9.97 Å². The predicted octanol–water partition coefficient (Wildman–Crippen LogP) is 1.94. The zero-order valence-corrected chi connectivity index (χ0v) is 11.8. The Labute approximate surface area is 113 Å². The van der Waals surface area contributed by atoms with Crippen molar-refractivity contribution in [2.24, 2.45) is 0 Å². The molecule has 106 valence electrons. The monoisotopic (exact) mass is 268 g/mol. The van der Waals surface area contributed by atoms with E-state index in [1.807, 2.05) is 6.92 Å². The van der Waals surface area contributed by atoms with Crippen LogP contribution in [0.2, 0.25) is 0 Å². The molecule has 1 rings (SSSR count). The van der Waals surface area contributed by atoms with E-state index in [9.17, 15) is 4.79 Å². The van der Waals surface area contributed by atoms with Gasteiger partial charge in [0.2, 0.25) is 11.8 Å². The van der Waals surface area contributed by atoms with Crippen molar-refractivity contribution in [3.05, 3.63) is 11.9 Å². The number of esters is 1. The molecule has 0 bridgehead atoms. The number of hydrogen-bond donors (Lipinski definition) is 0. The highest BCUT2D eigenvalue weighted by molar-refractivity contribution is 5.77. The first-order valence-corrected chi connectivity index (χ1v) is 6.29. The average Bonchev–Trinajstić information content (AvgIpc) is 2.44. The summed E-state index contributed by atoms with van der Waals surface area (Å²) in [4.78, 5) is 20.4. The molecule has 0 amide bonds. The average molecular weight is 268 g/mol. The van der Waals surface area contributed by atoms with Gasteiger partial charge in [-0.3, -0.25) is 4.79 Å². The Balaban J connectivity index is 3.09. The minimum absolute atomic E-state index is 0.320. The second kappa shape index (κ2) is 7.56. The first-order valence-electron chi connectivity index (χ1n) is 6.29. The summed E-state index contributed by atoms with van der Waals surface area (Å²) in [6.45, 7) is 4.09. The molecule has 6 nitrogen and oxygen atoms in total. The zero-order valence-electron chi connectivity index (χ0n) is 11.8. The van der Waals surface area contributed by atoms with Gasteiger partial charge < -0.3 is 14.2 Å². The van der Waals surface area contributed by atoms with Crippen LogP contribution in [0.1, 0.15) is 38.4 Å². The highest BCUT2D eigenvalue weighted by Gasteiger charge is 2.25. The summed E-state index contributed by atoms with van der Waals surface area (Å²) in [6.07, 6.45) is 1.45. The third kappa shape index (κ3) is 4.08. The quantitative estimate of drug-likeness (QED) is 0.704. The highest BCUT2D eigenvalue weighted by atomic mass is 16.5. The fraction of sp³-hybridized carbons (Fsp3) is 0.615. The molecule has 0 saturated heterocycles. The van der Waals surface area contributed by atoms with Crippen LogP contribution >= 0.6 is 0 Å². The number of nitrogens with zero attached hydrogens (tertiary/aromatic N) is 2. The summed E-state index contributed by atoms with van der Waals surface area (Å²) in [5.41, 5.74) is 0. The molecule has 0 aromatic carbocycles. The lowest BCUT2D eigenvalue weighted by molar-refractivity contribution is -0.145. The molecule has 0 aliphatic rings. The lowest BCUT2D eigenvalue weighted by Gasteiger charge is -2.14. The number of hydrogen-bond acceptors (Lipinski definition) is 6. The van der Waals surface area contributed by atoms with Crippen molar-refractivity contribution in [3.63, 3.8) is 0 Å². The molecule has 6 heteroatoms. The Morgan fingerprint density at radius 1 is 1.21 bits per heavy atom. The maximum absolute atomic E-state index is 11.9. The standard InChI is InChI=1S/C13H20N2O4/c1-5-7-9(13(16)19-6-2)12-14-10(17-3)8-11(15-12)18-4/h8-9H,5-7H2,1-4H3. The molecule has 1 unspecified atom stereocenters. The van der Waals surface area contributed by atoms with Crippen LogP contribution in [0.3, 0.4) is 0 Å². The molecule has 1 heterocycles. The maximum atomic E-state index is 11.9. The number of carbonyl (C=O) groups is 1. The molecule has 19 heavy (non-hydrogen) atoms. The van der Waals surface area contributed by atoms with E-state index in [1.54, 1.807) is 13.0 Å². The van der Waals surface area contributed by atoms with Crippen molar-refractivity contribution in [2.75, 3.05) is 20.8 Å². The summed E-state index contributed by atoms with van der Waals surface area (Å²) in [6, 6.07) is 1.57. The molecule has 1 aromatic heterocycles. The smallest absolute Gasteiger partial charge is 0.316 e. The molecule has 0 aliphatic heterocycles. The SMILES string of the molecule is CCCC(C(=O)OCC)c1nc(OC)cc(OC)n1. The Hall–Kier alpha value is -1.85. The van der Waals surface area contributed by atoms with Gasteiger partial charge in [0.05, 0.1) is 26.9 Å². The predicted molar refractivity (Wildman–Crippen MR) is 69.4 cm³/mol. The Kier molecular flexibility index (Phi) is 6.05. The van der Waals surface area contributed by atoms with Crippen LogP contribution in [-0.4, -0.2) is 36.8 Å². The van der Waals surface area contributed by atoms with Gasteiger partial charge in [-0.25, -0.2) is 0 Å². The lowest BCUT2D eigenvalue weighted by Crippen LogP contribution is -2.19. The third-order valence-corrected chi connectivity index (χ3v) is 2.57. The van der Waals surface area contributed by atoms with Crippen molar-refractivity contribution < 1.29 is 19.0 Å². The molecule has 0 fully saturated rings. The van der Waals surface area contributed by atoms with Gasteiger partial charge in [-0.2, -0.15) is 9.97 Å². The fourth-order valence-corrected chi connectivity index (χ4v) is 1.67. The van der Waals surface area contributed by atoms with E-state index in [2.05, 4.69) is 9.97 Å². The first kappa shape index (κ1) is 15.2. The van der Waals surface area contributed by atoms with Crippen molar-refractivity contribution >= 4 is 5.97 Å². The molecule has 0 aliphatic carbocycles. The van der Waals surface area contributed by atoms with Crippen molar-refractivity contribution in [3.8, 4) is 11.8 Å². The summed E-state index contributed by atoms with van der Waals surface area (Å²) in [5, 5.41) is 0. The van der Waals surface area contributed by atoms with Gasteiger partial charge in [-0.1, -0.05) is 13.3 Å². The summed E-state index contributed by atoms with van der Waals surface area (Å²) >= 11 is 0. The van der Waals surface area contributed by atoms with Gasteiger partial charge >= 0.3 is 5.97 Å². The first-order chi connectivity index (χ1) is 9.15. The Bertz CT molecular complexity index is 401. The summed E-state index contributed by atoms with van der Waals surface area (Å²) in [5.74, 6) is 0.296. The molecule has 0 saturated carbocycles. The minimum Gasteiger partial charge on any atom is -0.481 e. The van der Waals surface area contributed by atoms with Crippen LogP contribution in [0, 0.1) is 0 Å². The number of ether oxygens (including phenoxy) is 3. The van der Waals surface area contributed by atoms with Crippen molar-refractivity contribution in [1.29, 1.82) is 0 Å². The number of aromatic nitrogens is 2. The maximum Gasteiger partial charge on any atom is 0.316 e. The van der Waals surface area contributed by atoms with E-state index in [-0.39, 0.29) is 5.97 Å². The third-order valence-electron chi connectivity index (χ3n) is 2.57. The Morgan fingerprint density at radius 2 is 1.79 bits per heavy atom. The second-order valence-electron chi connectivity index (χ2n) is 3.90. The van der Waals surface area contributed by atoms with E-state index in [0.717, 1.165) is 6.42 Å². The van der Waals surface area contributed by atoms with Crippen LogP contribution in [0.15, 0.2) is 6.07 Å². The van der Waals surface area contributed by atoms with E-state index < -0.39 is 5.92 Å². The molecule has 0 radical (unpaired) electrons. The van der Waals surface area contributed by atoms with Crippen LogP contribution in [-0.2, 0) is 9.53 Å². The Morgan fingerprint density at radius 3 is 2.21 bits per heavy atom. The minimum atomic E-state index is -0.492. The van der Waals surface area contributed by atoms with E-state index in [0.29, 0.717) is 30.6 Å². The van der Waals surface area contributed by atoms with Crippen LogP contribution in [0.5, 0.6) is 11.8 Å². The molecular weight excluding hydrogens is 248 g/mol. The van der Waals surface area contributed by atoms with Gasteiger partial charge in [0.15, 0.2) is 5.82 Å². The summed E-state index contributed by atoms with van der Waals surface area (Å²) in [7, 11) is 3.01. The molecule has 0 spiro atoms. The molecular formula is C13H20N2O4. The number of methoxy groups -OCH3 is 2. The summed E-state index contributed by atoms with van der Waals surface area (Å²) < 4.78 is 15.2. The normalized spacial score (nSPS) is 11.8. The van der Waals surface area contributed by atoms with Gasteiger partial charge in [-0.15, -0.1) is 0 Å². The van der Waals surface area contributed by atoms with E-state index in [1.165, 1.54) is 14.2 Å². The van der Waals surface area contributed by atoms with E-state index >= 15 is 0 Å². The van der Waals surface area contributed by atoms with Crippen molar-refractivity contribution in [2.45, 2.75) is 32.6 Å². The highest BCUT2D eigenvalue weighted by Crippen LogP contribution is 2.24. The number of carbonyl (C=O) groups excluding carboxylic acids is 1. The van der Waals surface area contributed by atoms with E-state index in [4.69, 9.17) is 14.2 Å². The molecule has 0 N–H and O–H groups in total. The number of rotatable bonds is 7. The van der Waals surface area contributed by atoms with Gasteiger partial charge in [-0.05, 0) is 13.3 Å². The molecule has 1 aromatic rings. The zero-order chi connectivity index (χ0) is 14.3. The van der Waals surface area contributed by atoms with Crippen LogP contribution in [0.4, 0.5) is 0 Å². The van der Waals surface area contributed by atoms with Gasteiger partial charge in [0, 0.05) is 0 Å².